The molecule has 1 atom stereocenters. The first-order chi connectivity index (χ1) is 21.2. The predicted molar refractivity (Wildman–Crippen MR) is 168 cm³/mol. The number of nitrogens with zero attached hydrogens (tertiary/aromatic N) is 3. The number of rotatable bonds is 5. The van der Waals surface area contributed by atoms with Gasteiger partial charge in [-0.1, -0.05) is 35.9 Å². The number of para-hydroxylation sites is 1. The summed E-state index contributed by atoms with van der Waals surface area (Å²) in [4.78, 5) is 45.7. The summed E-state index contributed by atoms with van der Waals surface area (Å²) < 4.78 is 11.8. The number of halogens is 1. The molecular weight excluding hydrogens is 584 g/mol. The van der Waals surface area contributed by atoms with Crippen molar-refractivity contribution in [2.75, 3.05) is 63.4 Å². The lowest BCUT2D eigenvalue weighted by molar-refractivity contribution is -0.143. The maximum absolute atomic E-state index is 13.9. The number of aryl methyl sites for hydroxylation is 1. The summed E-state index contributed by atoms with van der Waals surface area (Å²) in [6.45, 7) is 7.33. The molecule has 2 aromatic rings. The average molecular weight is 625 g/mol. The summed E-state index contributed by atoms with van der Waals surface area (Å²) in [5.41, 5.74) is 8.96. The van der Waals surface area contributed by atoms with E-state index in [1.165, 1.54) is 0 Å². The second-order valence-electron chi connectivity index (χ2n) is 12.3. The quantitative estimate of drug-likeness (QED) is 0.429. The van der Waals surface area contributed by atoms with Crippen LogP contribution in [-0.2, 0) is 26.3 Å². The first-order valence-electron chi connectivity index (χ1n) is 15.6. The van der Waals surface area contributed by atoms with Gasteiger partial charge in [0.2, 0.25) is 0 Å². The van der Waals surface area contributed by atoms with Gasteiger partial charge < -0.3 is 30.3 Å². The number of piperidine rings is 2. The number of fused-ring (bicyclic) bond motifs is 2. The number of anilines is 2. The fourth-order valence-corrected chi connectivity index (χ4v) is 7.29. The number of carbonyl (C=O) groups is 3. The summed E-state index contributed by atoms with van der Waals surface area (Å²) in [6, 6.07) is 11.7. The molecule has 0 bridgehead atoms. The molecule has 6 rings (SSSR count). The largest absolute Gasteiger partial charge is 0.438 e. The van der Waals surface area contributed by atoms with Crippen molar-refractivity contribution in [3.8, 4) is 0 Å². The van der Waals surface area contributed by atoms with Gasteiger partial charge in [0, 0.05) is 70.1 Å². The van der Waals surface area contributed by atoms with Crippen LogP contribution in [0.1, 0.15) is 42.4 Å². The third-order valence-corrected chi connectivity index (χ3v) is 9.87. The predicted octanol–water partition coefficient (Wildman–Crippen LogP) is 3.73. The monoisotopic (exact) mass is 624 g/mol. The van der Waals surface area contributed by atoms with Gasteiger partial charge in [-0.25, -0.2) is 9.59 Å². The normalized spacial score (nSPS) is 21.3. The lowest BCUT2D eigenvalue weighted by Crippen LogP contribution is -2.56. The van der Waals surface area contributed by atoms with E-state index in [2.05, 4.69) is 15.5 Å². The summed E-state index contributed by atoms with van der Waals surface area (Å²) in [6.07, 6.45) is 1.21. The third-order valence-electron chi connectivity index (χ3n) is 9.56. The molecule has 0 aliphatic carbocycles. The molecule has 4 aliphatic rings. The molecule has 4 N–H and O–H groups in total. The van der Waals surface area contributed by atoms with Crippen LogP contribution >= 0.6 is 11.6 Å². The highest BCUT2D eigenvalue weighted by Crippen LogP contribution is 2.43. The van der Waals surface area contributed by atoms with E-state index in [9.17, 15) is 14.4 Å². The molecule has 1 spiro atoms. The van der Waals surface area contributed by atoms with Crippen LogP contribution in [0.5, 0.6) is 0 Å². The zero-order valence-electron chi connectivity index (χ0n) is 25.1. The molecule has 11 nitrogen and oxygen atoms in total. The van der Waals surface area contributed by atoms with E-state index >= 15 is 0 Å². The number of carbonyl (C=O) groups excluding carboxylic acids is 3. The van der Waals surface area contributed by atoms with Crippen molar-refractivity contribution in [3.63, 3.8) is 0 Å². The number of nitrogens with two attached hydrogens (primary N) is 1. The van der Waals surface area contributed by atoms with Gasteiger partial charge in [-0.05, 0) is 56.1 Å². The van der Waals surface area contributed by atoms with E-state index in [-0.39, 0.29) is 12.3 Å². The molecule has 3 amide bonds. The van der Waals surface area contributed by atoms with E-state index < -0.39 is 23.9 Å². The van der Waals surface area contributed by atoms with Crippen LogP contribution in [0.25, 0.3) is 0 Å². The molecular formula is C32H41ClN6O5. The maximum Gasteiger partial charge on any atom is 0.412 e. The SMILES string of the molecule is Cc1cc(C[C@@H](OC(=O)N2CCC3(CC2)OC(=O)Nc2ccccc23)C(=O)N2CCN(C3CCNCC3)CC2)cc(Cl)c1N. The summed E-state index contributed by atoms with van der Waals surface area (Å²) >= 11 is 6.38. The standard InChI is InChI=1S/C32H41ClN6O5/c1-21-18-22(19-25(33)28(21)34)20-27(29(40)38-16-14-37(15-17-38)23-6-10-35-11-7-23)43-31(42)39-12-8-32(9-13-39)24-4-2-3-5-26(24)36-30(41)44-32/h2-5,18-19,23,27,35H,6-17,20,34H2,1H3,(H,36,41)/t27-/m1/s1. The molecule has 0 unspecified atom stereocenters. The number of hydrogen-bond donors (Lipinski definition) is 3. The van der Waals surface area contributed by atoms with E-state index in [1.54, 1.807) is 11.0 Å². The summed E-state index contributed by atoms with van der Waals surface area (Å²) in [7, 11) is 0. The number of likely N-dealkylation sites (tertiary alicyclic amines) is 1. The van der Waals surface area contributed by atoms with Crippen molar-refractivity contribution in [1.82, 2.24) is 20.0 Å². The van der Waals surface area contributed by atoms with Crippen LogP contribution in [0.2, 0.25) is 5.02 Å². The van der Waals surface area contributed by atoms with E-state index in [0.29, 0.717) is 55.8 Å². The van der Waals surface area contributed by atoms with Crippen molar-refractivity contribution in [2.45, 2.75) is 56.8 Å². The number of piperazine rings is 1. The maximum atomic E-state index is 13.9. The molecule has 236 valence electrons. The van der Waals surface area contributed by atoms with Gasteiger partial charge in [0.25, 0.3) is 5.91 Å². The Morgan fingerprint density at radius 2 is 1.77 bits per heavy atom. The number of amides is 3. The second kappa shape index (κ2) is 12.8. The minimum Gasteiger partial charge on any atom is -0.438 e. The lowest BCUT2D eigenvalue weighted by Gasteiger charge is -2.44. The van der Waals surface area contributed by atoms with E-state index in [4.69, 9.17) is 26.8 Å². The highest BCUT2D eigenvalue weighted by atomic mass is 35.5. The highest BCUT2D eigenvalue weighted by molar-refractivity contribution is 6.33. The number of benzene rings is 2. The van der Waals surface area contributed by atoms with Crippen LogP contribution in [0, 0.1) is 6.92 Å². The lowest BCUT2D eigenvalue weighted by atomic mass is 9.82. The minimum absolute atomic E-state index is 0.189. The zero-order chi connectivity index (χ0) is 30.8. The fourth-order valence-electron chi connectivity index (χ4n) is 7.00. The fraction of sp³-hybridized carbons (Fsp3) is 0.531. The van der Waals surface area contributed by atoms with Crippen molar-refractivity contribution in [1.29, 1.82) is 0 Å². The Bertz CT molecular complexity index is 1380. The Kier molecular flexibility index (Phi) is 8.89. The summed E-state index contributed by atoms with van der Waals surface area (Å²) in [5, 5.41) is 6.58. The van der Waals surface area contributed by atoms with Crippen LogP contribution in [0.3, 0.4) is 0 Å². The number of nitrogens with one attached hydrogen (secondary N) is 2. The first-order valence-corrected chi connectivity index (χ1v) is 15.9. The second-order valence-corrected chi connectivity index (χ2v) is 12.7. The van der Waals surface area contributed by atoms with Gasteiger partial charge in [0.15, 0.2) is 6.10 Å². The molecule has 0 aromatic heterocycles. The Morgan fingerprint density at radius 1 is 1.07 bits per heavy atom. The number of hydrogen-bond acceptors (Lipinski definition) is 8. The Balaban J connectivity index is 1.14. The van der Waals surface area contributed by atoms with Crippen molar-refractivity contribution < 1.29 is 23.9 Å². The van der Waals surface area contributed by atoms with Crippen LogP contribution < -0.4 is 16.4 Å². The van der Waals surface area contributed by atoms with Crippen LogP contribution in [0.15, 0.2) is 36.4 Å². The highest BCUT2D eigenvalue weighted by Gasteiger charge is 2.45. The van der Waals surface area contributed by atoms with Crippen LogP contribution in [-0.4, -0.2) is 97.3 Å². The molecule has 3 saturated heterocycles. The summed E-state index contributed by atoms with van der Waals surface area (Å²) in [5.74, 6) is -0.205. The molecule has 4 heterocycles. The van der Waals surface area contributed by atoms with Gasteiger partial charge in [-0.2, -0.15) is 0 Å². The van der Waals surface area contributed by atoms with Gasteiger partial charge in [-0.3, -0.25) is 15.0 Å². The average Bonchev–Trinajstić information content (AvgIpc) is 3.03. The molecule has 3 fully saturated rings. The molecule has 4 aliphatic heterocycles. The number of ether oxygens (including phenoxy) is 2. The van der Waals surface area contributed by atoms with Gasteiger partial charge >= 0.3 is 12.2 Å². The molecule has 2 aromatic carbocycles. The van der Waals surface area contributed by atoms with Gasteiger partial charge in [-0.15, -0.1) is 0 Å². The van der Waals surface area contributed by atoms with Crippen LogP contribution in [0.4, 0.5) is 21.0 Å². The van der Waals surface area contributed by atoms with Crippen molar-refractivity contribution in [3.05, 3.63) is 58.1 Å². The van der Waals surface area contributed by atoms with Gasteiger partial charge in [0.1, 0.15) is 5.60 Å². The molecule has 0 saturated carbocycles. The number of nitrogen functional groups attached to an aromatic ring is 1. The smallest absolute Gasteiger partial charge is 0.412 e. The molecule has 12 heteroatoms. The first kappa shape index (κ1) is 30.5. The van der Waals surface area contributed by atoms with Crippen molar-refractivity contribution >= 4 is 41.1 Å². The topological polar surface area (TPSA) is 129 Å². The van der Waals surface area contributed by atoms with E-state index in [0.717, 1.165) is 61.4 Å². The molecule has 0 radical (unpaired) electrons. The van der Waals surface area contributed by atoms with Gasteiger partial charge in [0.05, 0.1) is 16.4 Å². The minimum atomic E-state index is -1.01. The third kappa shape index (κ3) is 6.31. The zero-order valence-corrected chi connectivity index (χ0v) is 25.9. The Hall–Kier alpha value is -3.54. The van der Waals surface area contributed by atoms with E-state index in [1.807, 2.05) is 42.2 Å². The Morgan fingerprint density at radius 3 is 2.48 bits per heavy atom. The van der Waals surface area contributed by atoms with Crippen molar-refractivity contribution in [2.24, 2.45) is 0 Å². The molecule has 44 heavy (non-hydrogen) atoms. The Labute approximate surface area is 262 Å².